The molecule has 0 aromatic heterocycles. The van der Waals surface area contributed by atoms with Crippen molar-refractivity contribution in [3.05, 3.63) is 63.7 Å². The molecule has 1 aliphatic heterocycles. The van der Waals surface area contributed by atoms with E-state index in [0.29, 0.717) is 0 Å². The zero-order valence-corrected chi connectivity index (χ0v) is 15.0. The second-order valence-corrected chi connectivity index (χ2v) is 7.96. The molecule has 2 aromatic carbocycles. The van der Waals surface area contributed by atoms with Gasteiger partial charge in [-0.25, -0.2) is 0 Å². The first kappa shape index (κ1) is 15.1. The van der Waals surface area contributed by atoms with Gasteiger partial charge in [0.25, 0.3) is 0 Å². The zero-order chi connectivity index (χ0) is 16.3. The number of anilines is 1. The molecule has 2 unspecified atom stereocenters. The molecule has 0 spiro atoms. The maximum Gasteiger partial charge on any atom is 0.0795 e. The fraction of sp³-hybridized carbons (Fsp3) is 0.400. The third-order valence-electron chi connectivity index (χ3n) is 5.61. The van der Waals surface area contributed by atoms with Crippen molar-refractivity contribution in [1.29, 1.82) is 0 Å². The van der Waals surface area contributed by atoms with Crippen LogP contribution in [0.2, 0.25) is 0 Å². The summed E-state index contributed by atoms with van der Waals surface area (Å²) in [4.78, 5) is 2.53. The van der Waals surface area contributed by atoms with Gasteiger partial charge < -0.3 is 10.2 Å². The Balaban J connectivity index is 1.63. The average molecular weight is 359 g/mol. The van der Waals surface area contributed by atoms with Crippen molar-refractivity contribution in [2.45, 2.75) is 23.6 Å². The van der Waals surface area contributed by atoms with E-state index in [2.05, 4.69) is 40.5 Å². The second-order valence-electron chi connectivity index (χ2n) is 7.02. The summed E-state index contributed by atoms with van der Waals surface area (Å²) in [7, 11) is 0. The molecule has 3 aliphatic rings. The summed E-state index contributed by atoms with van der Waals surface area (Å²) >= 11 is 13.6. The van der Waals surface area contributed by atoms with Gasteiger partial charge in [0.2, 0.25) is 0 Å². The lowest BCUT2D eigenvalue weighted by Crippen LogP contribution is -2.43. The van der Waals surface area contributed by atoms with E-state index in [9.17, 15) is 0 Å². The van der Waals surface area contributed by atoms with Gasteiger partial charge in [-0.3, -0.25) is 0 Å². The molecule has 2 aromatic rings. The normalized spacial score (nSPS) is 24.7. The van der Waals surface area contributed by atoms with Crippen molar-refractivity contribution >= 4 is 28.9 Å². The third-order valence-corrected chi connectivity index (χ3v) is 6.69. The Morgan fingerprint density at radius 2 is 1.71 bits per heavy atom. The van der Waals surface area contributed by atoms with Crippen LogP contribution in [0.4, 0.5) is 5.69 Å². The first-order chi connectivity index (χ1) is 11.7. The van der Waals surface area contributed by atoms with Crippen LogP contribution in [0.5, 0.6) is 0 Å². The summed E-state index contributed by atoms with van der Waals surface area (Å²) in [5.74, 6) is 0. The summed E-state index contributed by atoms with van der Waals surface area (Å²) in [6.07, 6.45) is 2.02. The Morgan fingerprint density at radius 1 is 0.917 bits per heavy atom. The number of alkyl halides is 2. The molecule has 4 heteroatoms. The summed E-state index contributed by atoms with van der Waals surface area (Å²) < 4.78 is 0. The first-order valence-corrected chi connectivity index (χ1v) is 9.60. The number of nitrogens with one attached hydrogen (secondary N) is 1. The van der Waals surface area contributed by atoms with Gasteiger partial charge in [-0.15, -0.1) is 23.2 Å². The molecule has 1 heterocycles. The van der Waals surface area contributed by atoms with Crippen molar-refractivity contribution in [3.63, 3.8) is 0 Å². The monoisotopic (exact) mass is 358 g/mol. The quantitative estimate of drug-likeness (QED) is 0.657. The summed E-state index contributed by atoms with van der Waals surface area (Å²) in [6.45, 7) is 4.31. The van der Waals surface area contributed by atoms with E-state index in [4.69, 9.17) is 23.2 Å². The highest BCUT2D eigenvalue weighted by Crippen LogP contribution is 2.53. The van der Waals surface area contributed by atoms with Crippen molar-refractivity contribution in [2.75, 3.05) is 31.1 Å². The van der Waals surface area contributed by atoms with Crippen molar-refractivity contribution < 1.29 is 0 Å². The van der Waals surface area contributed by atoms with E-state index >= 15 is 0 Å². The number of halogens is 2. The average Bonchev–Trinajstić information content (AvgIpc) is 3.41. The van der Waals surface area contributed by atoms with Gasteiger partial charge in [-0.2, -0.15) is 0 Å². The van der Waals surface area contributed by atoms with Gasteiger partial charge in [0.15, 0.2) is 0 Å². The highest BCUT2D eigenvalue weighted by molar-refractivity contribution is 6.30. The molecule has 5 rings (SSSR count). The van der Waals surface area contributed by atoms with Gasteiger partial charge >= 0.3 is 0 Å². The molecule has 1 fully saturated rings. The Labute approximate surface area is 152 Å². The maximum absolute atomic E-state index is 6.85. The third kappa shape index (κ3) is 2.28. The zero-order valence-electron chi connectivity index (χ0n) is 13.5. The Hall–Kier alpha value is -1.22. The highest BCUT2D eigenvalue weighted by Gasteiger charge is 2.37. The van der Waals surface area contributed by atoms with E-state index in [1.807, 2.05) is 0 Å². The molecule has 1 N–H and O–H groups in total. The topological polar surface area (TPSA) is 15.3 Å². The minimum atomic E-state index is -0.154. The number of rotatable bonds is 1. The Morgan fingerprint density at radius 3 is 2.54 bits per heavy atom. The van der Waals surface area contributed by atoms with E-state index in [-0.39, 0.29) is 10.8 Å². The smallest absolute Gasteiger partial charge is 0.0795 e. The standard InChI is InChI=1S/C20H20Cl2N2/c21-19-14-4-2-1-3-12(14)9-13-10-17(24-7-5-23-6-8-24)15-11-16(15)18(13)20(19)22/h1-4,10,19-20,23H,5-9,11H2. The number of hydrogen-bond acceptors (Lipinski definition) is 2. The fourth-order valence-electron chi connectivity index (χ4n) is 4.31. The SMILES string of the molecule is ClC1c2ccccc2Cc2cc(N3CCNCC3)c3c(c2C1Cl)C3. The molecule has 1 saturated heterocycles. The molecule has 2 nitrogen and oxygen atoms in total. The molecule has 124 valence electrons. The van der Waals surface area contributed by atoms with E-state index in [0.717, 1.165) is 39.0 Å². The van der Waals surface area contributed by atoms with Crippen LogP contribution in [0.1, 0.15) is 44.1 Å². The van der Waals surface area contributed by atoms with Gasteiger partial charge in [-0.05, 0) is 45.9 Å². The molecular weight excluding hydrogens is 339 g/mol. The van der Waals surface area contributed by atoms with Crippen LogP contribution < -0.4 is 10.2 Å². The van der Waals surface area contributed by atoms with Crippen LogP contribution >= 0.6 is 23.2 Å². The van der Waals surface area contributed by atoms with Crippen LogP contribution in [-0.2, 0) is 12.8 Å². The maximum atomic E-state index is 6.85. The Kier molecular flexibility index (Phi) is 3.55. The molecule has 0 saturated carbocycles. The largest absolute Gasteiger partial charge is 0.369 e. The first-order valence-electron chi connectivity index (χ1n) is 8.73. The number of nitrogens with zero attached hydrogens (tertiary/aromatic N) is 1. The lowest BCUT2D eigenvalue weighted by atomic mass is 9.99. The van der Waals surface area contributed by atoms with Gasteiger partial charge in [-0.1, -0.05) is 24.3 Å². The lowest BCUT2D eigenvalue weighted by Gasteiger charge is -2.30. The number of benzene rings is 2. The summed E-state index contributed by atoms with van der Waals surface area (Å²) in [5.41, 5.74) is 9.56. The Bertz CT molecular complexity index is 812. The predicted octanol–water partition coefficient (Wildman–Crippen LogP) is 4.16. The molecular formula is C20H20Cl2N2. The van der Waals surface area contributed by atoms with Gasteiger partial charge in [0.05, 0.1) is 10.8 Å². The van der Waals surface area contributed by atoms with Crippen LogP contribution in [0.25, 0.3) is 0 Å². The van der Waals surface area contributed by atoms with Crippen LogP contribution in [0.3, 0.4) is 0 Å². The van der Waals surface area contributed by atoms with Gasteiger partial charge in [0.1, 0.15) is 0 Å². The molecule has 2 aliphatic carbocycles. The minimum absolute atomic E-state index is 0.140. The van der Waals surface area contributed by atoms with Gasteiger partial charge in [0, 0.05) is 38.3 Å². The van der Waals surface area contributed by atoms with E-state index in [1.165, 1.54) is 39.1 Å². The summed E-state index contributed by atoms with van der Waals surface area (Å²) in [5, 5.41) is 3.14. The number of fused-ring (bicyclic) bond motifs is 4. The number of hydrogen-bond donors (Lipinski definition) is 1. The van der Waals surface area contributed by atoms with Crippen LogP contribution in [0.15, 0.2) is 30.3 Å². The molecule has 24 heavy (non-hydrogen) atoms. The van der Waals surface area contributed by atoms with Crippen molar-refractivity contribution in [2.24, 2.45) is 0 Å². The molecule has 2 atom stereocenters. The highest BCUT2D eigenvalue weighted by atomic mass is 35.5. The minimum Gasteiger partial charge on any atom is -0.369 e. The van der Waals surface area contributed by atoms with E-state index < -0.39 is 0 Å². The lowest BCUT2D eigenvalue weighted by molar-refractivity contribution is 0.589. The van der Waals surface area contributed by atoms with Crippen molar-refractivity contribution in [3.8, 4) is 0 Å². The molecule has 0 radical (unpaired) electrons. The van der Waals surface area contributed by atoms with Crippen LogP contribution in [-0.4, -0.2) is 26.2 Å². The predicted molar refractivity (Wildman–Crippen MR) is 101 cm³/mol. The van der Waals surface area contributed by atoms with Crippen LogP contribution in [0, 0.1) is 0 Å². The van der Waals surface area contributed by atoms with E-state index in [1.54, 1.807) is 0 Å². The summed E-state index contributed by atoms with van der Waals surface area (Å²) in [6, 6.07) is 10.9. The molecule has 0 bridgehead atoms. The fourth-order valence-corrected chi connectivity index (χ4v) is 5.06. The number of piperazine rings is 1. The van der Waals surface area contributed by atoms with Crippen molar-refractivity contribution in [1.82, 2.24) is 5.32 Å². The second kappa shape index (κ2) is 5.66. The molecule has 0 amide bonds.